The van der Waals surface area contributed by atoms with Gasteiger partial charge in [-0.3, -0.25) is 0 Å². The molecule has 0 atom stereocenters. The highest BCUT2D eigenvalue weighted by Crippen LogP contribution is 2.19. The van der Waals surface area contributed by atoms with Crippen LogP contribution in [0.15, 0.2) is 97.1 Å². The van der Waals surface area contributed by atoms with Crippen LogP contribution in [0.25, 0.3) is 0 Å². The molecule has 3 nitrogen and oxygen atoms in total. The van der Waals surface area contributed by atoms with Crippen molar-refractivity contribution in [3.8, 4) is 11.5 Å². The van der Waals surface area contributed by atoms with E-state index in [1.807, 2.05) is 111 Å². The van der Waals surface area contributed by atoms with Crippen molar-refractivity contribution in [3.63, 3.8) is 0 Å². The molecule has 0 unspecified atom stereocenters. The van der Waals surface area contributed by atoms with E-state index in [0.717, 1.165) is 22.1 Å². The molecule has 4 rings (SSSR count). The van der Waals surface area contributed by atoms with Crippen molar-refractivity contribution in [2.45, 2.75) is 13.8 Å². The highest BCUT2D eigenvalue weighted by atomic mass is 16.5. The Hall–Kier alpha value is -3.27. The molecule has 0 bridgehead atoms. The van der Waals surface area contributed by atoms with Crippen LogP contribution in [0.2, 0.25) is 0 Å². The maximum atomic E-state index is 11.1. The van der Waals surface area contributed by atoms with Gasteiger partial charge in [-0.25, -0.2) is 0 Å². The van der Waals surface area contributed by atoms with Gasteiger partial charge in [-0.05, 0) is 47.8 Å². The van der Waals surface area contributed by atoms with Crippen LogP contribution >= 0.6 is 0 Å². The van der Waals surface area contributed by atoms with Gasteiger partial charge >= 0.3 is 13.8 Å². The molecule has 0 amide bonds. The first-order valence-electron chi connectivity index (χ1n) is 10.4. The summed E-state index contributed by atoms with van der Waals surface area (Å²) in [6.07, 6.45) is 0. The molecule has 0 spiro atoms. The van der Waals surface area contributed by atoms with Crippen LogP contribution in [0.3, 0.4) is 0 Å². The Labute approximate surface area is 184 Å². The lowest BCUT2D eigenvalue weighted by Crippen LogP contribution is -2.45. The monoisotopic (exact) mass is 406 g/mol. The maximum Gasteiger partial charge on any atom is 0.363 e. The van der Waals surface area contributed by atoms with E-state index in [9.17, 15) is 10.0 Å². The topological polar surface area (TPSA) is 49.7 Å². The highest BCUT2D eigenvalue weighted by molar-refractivity contribution is 6.80. The molecular weight excluding hydrogens is 382 g/mol. The molecule has 2 N–H and O–H groups in total. The molecule has 0 heterocycles. The van der Waals surface area contributed by atoms with Crippen molar-refractivity contribution in [2.24, 2.45) is 0 Å². The first-order chi connectivity index (χ1) is 15.1. The predicted octanol–water partition coefficient (Wildman–Crippen LogP) is 2.29. The minimum atomic E-state index is -0.814. The average Bonchev–Trinajstić information content (AvgIpc) is 2.80. The van der Waals surface area contributed by atoms with Crippen molar-refractivity contribution >= 4 is 35.7 Å². The third-order valence-corrected chi connectivity index (χ3v) is 5.61. The Morgan fingerprint density at radius 3 is 1.19 bits per heavy atom. The SMILES string of the molecule is Cc1ccccc1B(O)c1ccccc1Oc1ccccc1B(O)c1ccccc1C. The Morgan fingerprint density at radius 2 is 0.806 bits per heavy atom. The van der Waals surface area contributed by atoms with E-state index in [0.29, 0.717) is 22.4 Å². The summed E-state index contributed by atoms with van der Waals surface area (Å²) in [5.41, 5.74) is 5.06. The molecule has 152 valence electrons. The largest absolute Gasteiger partial charge is 0.458 e. The predicted molar refractivity (Wildman–Crippen MR) is 130 cm³/mol. The number of ether oxygens (including phenoxy) is 1. The van der Waals surface area contributed by atoms with Gasteiger partial charge in [0, 0.05) is 0 Å². The Kier molecular flexibility index (Phi) is 6.26. The lowest BCUT2D eigenvalue weighted by Gasteiger charge is -2.18. The van der Waals surface area contributed by atoms with Gasteiger partial charge in [0.15, 0.2) is 0 Å². The maximum absolute atomic E-state index is 11.1. The zero-order valence-corrected chi connectivity index (χ0v) is 17.7. The molecule has 0 saturated heterocycles. The van der Waals surface area contributed by atoms with E-state index in [1.165, 1.54) is 0 Å². The number of para-hydroxylation sites is 2. The third kappa shape index (κ3) is 4.43. The van der Waals surface area contributed by atoms with Gasteiger partial charge in [0.05, 0.1) is 0 Å². The minimum absolute atomic E-state index is 0.558. The van der Waals surface area contributed by atoms with Gasteiger partial charge < -0.3 is 14.8 Å². The van der Waals surface area contributed by atoms with Crippen LogP contribution in [0.4, 0.5) is 0 Å². The summed E-state index contributed by atoms with van der Waals surface area (Å²) in [5, 5.41) is 22.2. The lowest BCUT2D eigenvalue weighted by molar-refractivity contribution is 0.486. The molecule has 0 aliphatic carbocycles. The summed E-state index contributed by atoms with van der Waals surface area (Å²) in [6.45, 7) is 2.34. The summed E-state index contributed by atoms with van der Waals surface area (Å²) < 4.78 is 6.29. The number of hydrogen-bond donors (Lipinski definition) is 2. The highest BCUT2D eigenvalue weighted by Gasteiger charge is 2.26. The molecule has 0 saturated carbocycles. The second-order valence-electron chi connectivity index (χ2n) is 7.70. The van der Waals surface area contributed by atoms with Crippen LogP contribution in [-0.2, 0) is 0 Å². The van der Waals surface area contributed by atoms with Gasteiger partial charge in [0.25, 0.3) is 0 Å². The normalized spacial score (nSPS) is 10.6. The standard InChI is InChI=1S/C26H24B2O3/c1-19-11-3-5-13-21(19)27(29)23-15-7-9-17-25(23)31-26-18-10-8-16-24(26)28(30)22-14-6-4-12-20(22)2/h3-18,29-30H,1-2H3. The Balaban J connectivity index is 1.71. The average molecular weight is 406 g/mol. The van der Waals surface area contributed by atoms with Gasteiger partial charge in [-0.15, -0.1) is 0 Å². The molecule has 5 heteroatoms. The molecule has 0 fully saturated rings. The summed E-state index contributed by atoms with van der Waals surface area (Å²) >= 11 is 0. The van der Waals surface area contributed by atoms with Crippen LogP contribution in [0, 0.1) is 13.8 Å². The molecule has 31 heavy (non-hydrogen) atoms. The molecule has 4 aromatic rings. The molecule has 0 radical (unpaired) electrons. The summed E-state index contributed by atoms with van der Waals surface area (Å²) in [5.74, 6) is 1.12. The van der Waals surface area contributed by atoms with Crippen molar-refractivity contribution in [2.75, 3.05) is 0 Å². The first kappa shape index (κ1) is 21.0. The second-order valence-corrected chi connectivity index (χ2v) is 7.70. The Morgan fingerprint density at radius 1 is 0.484 bits per heavy atom. The number of benzene rings is 4. The fraction of sp³-hybridized carbons (Fsp3) is 0.0769. The smallest absolute Gasteiger partial charge is 0.363 e. The van der Waals surface area contributed by atoms with E-state index in [-0.39, 0.29) is 0 Å². The van der Waals surface area contributed by atoms with E-state index < -0.39 is 13.8 Å². The minimum Gasteiger partial charge on any atom is -0.458 e. The quantitative estimate of drug-likeness (QED) is 0.484. The van der Waals surface area contributed by atoms with E-state index >= 15 is 0 Å². The van der Waals surface area contributed by atoms with Gasteiger partial charge in [-0.2, -0.15) is 0 Å². The fourth-order valence-electron chi connectivity index (χ4n) is 3.84. The zero-order chi connectivity index (χ0) is 21.8. The molecular formula is C26H24B2O3. The van der Waals surface area contributed by atoms with E-state index in [4.69, 9.17) is 4.74 Å². The van der Waals surface area contributed by atoms with Crippen LogP contribution in [0.1, 0.15) is 11.1 Å². The molecule has 4 aromatic carbocycles. The molecule has 0 aliphatic rings. The summed E-state index contributed by atoms with van der Waals surface area (Å²) in [6, 6.07) is 30.5. The fourth-order valence-corrected chi connectivity index (χ4v) is 3.84. The van der Waals surface area contributed by atoms with Crippen molar-refractivity contribution in [3.05, 3.63) is 108 Å². The van der Waals surface area contributed by atoms with Crippen LogP contribution in [0.5, 0.6) is 11.5 Å². The van der Waals surface area contributed by atoms with Gasteiger partial charge in [-0.1, -0.05) is 96.1 Å². The van der Waals surface area contributed by atoms with Crippen molar-refractivity contribution in [1.82, 2.24) is 0 Å². The van der Waals surface area contributed by atoms with Crippen LogP contribution < -0.4 is 26.6 Å². The number of aryl methyl sites for hydroxylation is 2. The Bertz CT molecular complexity index is 1100. The zero-order valence-electron chi connectivity index (χ0n) is 17.7. The van der Waals surface area contributed by atoms with Gasteiger partial charge in [0.2, 0.25) is 0 Å². The van der Waals surface area contributed by atoms with Crippen molar-refractivity contribution in [1.29, 1.82) is 0 Å². The second kappa shape index (κ2) is 9.25. The first-order valence-corrected chi connectivity index (χ1v) is 10.4. The van der Waals surface area contributed by atoms with Gasteiger partial charge in [0.1, 0.15) is 11.5 Å². The molecule has 0 aliphatic heterocycles. The summed E-state index contributed by atoms with van der Waals surface area (Å²) in [4.78, 5) is 0. The summed E-state index contributed by atoms with van der Waals surface area (Å²) in [7, 11) is 0. The number of rotatable bonds is 6. The number of hydrogen-bond acceptors (Lipinski definition) is 3. The van der Waals surface area contributed by atoms with E-state index in [1.54, 1.807) is 0 Å². The van der Waals surface area contributed by atoms with Crippen molar-refractivity contribution < 1.29 is 14.8 Å². The lowest BCUT2D eigenvalue weighted by atomic mass is 9.54. The van der Waals surface area contributed by atoms with E-state index in [2.05, 4.69) is 0 Å². The molecule has 0 aromatic heterocycles. The van der Waals surface area contributed by atoms with Crippen LogP contribution in [-0.4, -0.2) is 23.9 Å². The third-order valence-electron chi connectivity index (χ3n) is 5.61.